The van der Waals surface area contributed by atoms with Crippen molar-refractivity contribution in [1.82, 2.24) is 24.5 Å². The van der Waals surface area contributed by atoms with Crippen LogP contribution >= 0.6 is 0 Å². The molecule has 154 valence electrons. The molecule has 0 unspecified atom stereocenters. The molecule has 3 aromatic heterocycles. The third-order valence-corrected chi connectivity index (χ3v) is 4.44. The molecule has 4 rings (SSSR count). The van der Waals surface area contributed by atoms with E-state index in [0.29, 0.717) is 11.3 Å². The predicted octanol–water partition coefficient (Wildman–Crippen LogP) is 4.18. The molecule has 0 aliphatic carbocycles. The lowest BCUT2D eigenvalue weighted by molar-refractivity contribution is -0.122. The summed E-state index contributed by atoms with van der Waals surface area (Å²) in [5.74, 6) is 0. The quantitative estimate of drug-likeness (QED) is 0.526. The van der Waals surface area contributed by atoms with Crippen LogP contribution in [-0.2, 0) is 0 Å². The Bertz CT molecular complexity index is 1210. The van der Waals surface area contributed by atoms with Gasteiger partial charge in [-0.15, -0.1) is 0 Å². The van der Waals surface area contributed by atoms with E-state index in [1.54, 1.807) is 40.6 Å². The van der Waals surface area contributed by atoms with Crippen LogP contribution in [0, 0.1) is 6.92 Å². The zero-order valence-corrected chi connectivity index (χ0v) is 15.8. The number of fused-ring (bicyclic) bond motifs is 1. The molecule has 4 aromatic rings. The number of amides is 2. The maximum atomic E-state index is 12.2. The van der Waals surface area contributed by atoms with Crippen LogP contribution in [0.15, 0.2) is 61.1 Å². The van der Waals surface area contributed by atoms with Gasteiger partial charge in [0.05, 0.1) is 17.6 Å². The lowest BCUT2D eigenvalue weighted by Crippen LogP contribution is -2.36. The summed E-state index contributed by atoms with van der Waals surface area (Å²) in [4.78, 5) is 16.1. The van der Waals surface area contributed by atoms with Gasteiger partial charge in [-0.1, -0.05) is 12.1 Å². The number of urea groups is 1. The Kier molecular flexibility index (Phi) is 4.90. The van der Waals surface area contributed by atoms with Crippen molar-refractivity contribution in [2.75, 3.05) is 11.9 Å². The highest BCUT2D eigenvalue weighted by Crippen LogP contribution is 2.25. The normalized spacial score (nSPS) is 11.6. The molecule has 0 saturated heterocycles. The number of aryl methyl sites for hydroxylation is 1. The number of carbonyl (C=O) groups excluding carboxylic acids is 1. The number of nitrogens with zero attached hydrogens (tertiary/aromatic N) is 4. The van der Waals surface area contributed by atoms with E-state index in [9.17, 15) is 18.0 Å². The maximum Gasteiger partial charge on any atom is 0.405 e. The molecule has 0 aliphatic heterocycles. The second kappa shape index (κ2) is 7.54. The molecule has 0 saturated carbocycles. The number of halogens is 3. The average molecular weight is 414 g/mol. The number of carbonyl (C=O) groups is 1. The molecule has 0 atom stereocenters. The monoisotopic (exact) mass is 414 g/mol. The largest absolute Gasteiger partial charge is 0.405 e. The number of aromatic nitrogens is 4. The van der Waals surface area contributed by atoms with E-state index in [4.69, 9.17) is 0 Å². The van der Waals surface area contributed by atoms with E-state index < -0.39 is 18.8 Å². The van der Waals surface area contributed by atoms with Gasteiger partial charge >= 0.3 is 12.2 Å². The SMILES string of the molecule is Cc1ccnn1-c1ccn2c(-c3cccc(NC(=O)NCC(F)(F)F)c3)cnc2c1. The first kappa shape index (κ1) is 19.5. The summed E-state index contributed by atoms with van der Waals surface area (Å²) in [5, 5.41) is 8.48. The summed E-state index contributed by atoms with van der Waals surface area (Å²) < 4.78 is 40.4. The number of rotatable bonds is 4. The van der Waals surface area contributed by atoms with Gasteiger partial charge in [0, 0.05) is 35.4 Å². The molecule has 0 fully saturated rings. The Balaban J connectivity index is 1.58. The molecule has 2 amide bonds. The summed E-state index contributed by atoms with van der Waals surface area (Å²) >= 11 is 0. The number of benzene rings is 1. The van der Waals surface area contributed by atoms with Crippen molar-refractivity contribution < 1.29 is 18.0 Å². The number of imidazole rings is 1. The van der Waals surface area contributed by atoms with Gasteiger partial charge in [0.2, 0.25) is 0 Å². The van der Waals surface area contributed by atoms with Crippen LogP contribution in [0.2, 0.25) is 0 Å². The first-order chi connectivity index (χ1) is 14.3. The third kappa shape index (κ3) is 4.12. The molecule has 7 nitrogen and oxygen atoms in total. The summed E-state index contributed by atoms with van der Waals surface area (Å²) in [6.45, 7) is 0.557. The number of alkyl halides is 3. The van der Waals surface area contributed by atoms with E-state index in [1.165, 1.54) is 0 Å². The Hall–Kier alpha value is -3.82. The topological polar surface area (TPSA) is 76.2 Å². The van der Waals surface area contributed by atoms with Crippen molar-refractivity contribution in [2.45, 2.75) is 13.1 Å². The minimum atomic E-state index is -4.47. The summed E-state index contributed by atoms with van der Waals surface area (Å²) in [5.41, 5.74) is 4.46. The molecule has 0 aliphatic rings. The second-order valence-corrected chi connectivity index (χ2v) is 6.64. The Morgan fingerprint density at radius 3 is 2.73 bits per heavy atom. The number of hydrogen-bond donors (Lipinski definition) is 2. The lowest BCUT2D eigenvalue weighted by Gasteiger charge is -2.11. The van der Waals surface area contributed by atoms with E-state index >= 15 is 0 Å². The van der Waals surface area contributed by atoms with Crippen LogP contribution in [-0.4, -0.2) is 37.9 Å². The van der Waals surface area contributed by atoms with Gasteiger partial charge in [-0.3, -0.25) is 4.40 Å². The molecule has 10 heteroatoms. The lowest BCUT2D eigenvalue weighted by atomic mass is 10.1. The van der Waals surface area contributed by atoms with Crippen LogP contribution in [0.1, 0.15) is 5.69 Å². The van der Waals surface area contributed by atoms with E-state index in [1.807, 2.05) is 41.8 Å². The van der Waals surface area contributed by atoms with E-state index in [-0.39, 0.29) is 0 Å². The third-order valence-electron chi connectivity index (χ3n) is 4.44. The molecular formula is C20H17F3N6O. The van der Waals surface area contributed by atoms with Gasteiger partial charge in [-0.25, -0.2) is 14.5 Å². The number of anilines is 1. The molecule has 3 heterocycles. The Morgan fingerprint density at radius 1 is 1.17 bits per heavy atom. The van der Waals surface area contributed by atoms with E-state index in [0.717, 1.165) is 22.6 Å². The summed E-state index contributed by atoms with van der Waals surface area (Å²) in [6.07, 6.45) is 0.811. The number of nitrogens with one attached hydrogen (secondary N) is 2. The zero-order chi connectivity index (χ0) is 21.3. The van der Waals surface area contributed by atoms with Gasteiger partial charge in [-0.05, 0) is 31.2 Å². The standard InChI is InChI=1S/C20H17F3N6O/c1-13-5-7-26-29(13)16-6-8-28-17(11-24-18(28)10-16)14-3-2-4-15(9-14)27-19(30)25-12-20(21,22)23/h2-11H,12H2,1H3,(H2,25,27,30). The first-order valence-corrected chi connectivity index (χ1v) is 9.00. The maximum absolute atomic E-state index is 12.2. The summed E-state index contributed by atoms with van der Waals surface area (Å²) in [7, 11) is 0. The van der Waals surface area contributed by atoms with Crippen molar-refractivity contribution in [3.63, 3.8) is 0 Å². The van der Waals surface area contributed by atoms with Crippen LogP contribution in [0.25, 0.3) is 22.6 Å². The molecule has 0 spiro atoms. The van der Waals surface area contributed by atoms with Gasteiger partial charge in [0.25, 0.3) is 0 Å². The Morgan fingerprint density at radius 2 is 2.00 bits per heavy atom. The Labute approximate surface area is 169 Å². The molecule has 1 aromatic carbocycles. The molecule has 0 radical (unpaired) electrons. The highest BCUT2D eigenvalue weighted by molar-refractivity contribution is 5.90. The highest BCUT2D eigenvalue weighted by Gasteiger charge is 2.27. The van der Waals surface area contributed by atoms with Crippen molar-refractivity contribution in [3.05, 3.63) is 66.7 Å². The van der Waals surface area contributed by atoms with E-state index in [2.05, 4.69) is 15.4 Å². The molecule has 2 N–H and O–H groups in total. The minimum Gasteiger partial charge on any atom is -0.329 e. The van der Waals surface area contributed by atoms with Gasteiger partial charge in [-0.2, -0.15) is 18.3 Å². The minimum absolute atomic E-state index is 0.367. The van der Waals surface area contributed by atoms with Crippen molar-refractivity contribution in [3.8, 4) is 16.9 Å². The highest BCUT2D eigenvalue weighted by atomic mass is 19.4. The van der Waals surface area contributed by atoms with Crippen LogP contribution < -0.4 is 10.6 Å². The molecule has 0 bridgehead atoms. The fourth-order valence-electron chi connectivity index (χ4n) is 3.07. The zero-order valence-electron chi connectivity index (χ0n) is 15.8. The number of pyridine rings is 1. The molecular weight excluding hydrogens is 397 g/mol. The van der Waals surface area contributed by atoms with Gasteiger partial charge < -0.3 is 10.6 Å². The smallest absolute Gasteiger partial charge is 0.329 e. The van der Waals surface area contributed by atoms with Crippen molar-refractivity contribution >= 4 is 17.4 Å². The fourth-order valence-corrected chi connectivity index (χ4v) is 3.07. The number of hydrogen-bond acceptors (Lipinski definition) is 3. The first-order valence-electron chi connectivity index (χ1n) is 9.00. The van der Waals surface area contributed by atoms with Crippen LogP contribution in [0.3, 0.4) is 0 Å². The average Bonchev–Trinajstić information content (AvgIpc) is 3.31. The summed E-state index contributed by atoms with van der Waals surface area (Å²) in [6, 6.07) is 11.6. The van der Waals surface area contributed by atoms with Gasteiger partial charge in [0.15, 0.2) is 0 Å². The van der Waals surface area contributed by atoms with Crippen LogP contribution in [0.4, 0.5) is 23.7 Å². The predicted molar refractivity (Wildman–Crippen MR) is 106 cm³/mol. The van der Waals surface area contributed by atoms with Crippen LogP contribution in [0.5, 0.6) is 0 Å². The van der Waals surface area contributed by atoms with Crippen molar-refractivity contribution in [2.24, 2.45) is 0 Å². The van der Waals surface area contributed by atoms with Crippen molar-refractivity contribution in [1.29, 1.82) is 0 Å². The second-order valence-electron chi connectivity index (χ2n) is 6.64. The molecule has 30 heavy (non-hydrogen) atoms. The van der Waals surface area contributed by atoms with Gasteiger partial charge in [0.1, 0.15) is 12.2 Å². The fraction of sp³-hybridized carbons (Fsp3) is 0.150.